The number of benzene rings is 1. The van der Waals surface area contributed by atoms with Crippen LogP contribution in [-0.2, 0) is 16.1 Å². The lowest BCUT2D eigenvalue weighted by Crippen LogP contribution is -2.47. The van der Waals surface area contributed by atoms with Gasteiger partial charge in [-0.2, -0.15) is 4.39 Å². The fourth-order valence-electron chi connectivity index (χ4n) is 5.03. The molecule has 1 fully saturated rings. The second kappa shape index (κ2) is 11.4. The summed E-state index contributed by atoms with van der Waals surface area (Å²) in [4.78, 5) is 44.5. The smallest absolute Gasteiger partial charge is 0.342 e. The molecule has 3 atom stereocenters. The Morgan fingerprint density at radius 2 is 1.82 bits per heavy atom. The van der Waals surface area contributed by atoms with Crippen molar-refractivity contribution in [2.45, 2.75) is 57.4 Å². The van der Waals surface area contributed by atoms with E-state index in [2.05, 4.69) is 15.4 Å². The quantitative estimate of drug-likeness (QED) is 0.340. The van der Waals surface area contributed by atoms with Gasteiger partial charge >= 0.3 is 5.69 Å². The third-order valence-electron chi connectivity index (χ3n) is 7.14. The van der Waals surface area contributed by atoms with Crippen molar-refractivity contribution in [2.24, 2.45) is 0 Å². The van der Waals surface area contributed by atoms with Crippen LogP contribution in [-0.4, -0.2) is 54.6 Å². The van der Waals surface area contributed by atoms with Crippen LogP contribution in [0.2, 0.25) is 0 Å². The average molecular weight is 549 g/mol. The topological polar surface area (TPSA) is 102 Å². The van der Waals surface area contributed by atoms with Crippen LogP contribution in [0.5, 0.6) is 0 Å². The molecule has 1 saturated heterocycles. The fourth-order valence-corrected chi connectivity index (χ4v) is 5.03. The first kappa shape index (κ1) is 27.2. The summed E-state index contributed by atoms with van der Waals surface area (Å²) in [7, 11) is 0. The first-order valence-corrected chi connectivity index (χ1v) is 13.2. The van der Waals surface area contributed by atoms with Gasteiger partial charge in [-0.15, -0.1) is 5.10 Å². The number of aryl methyl sites for hydroxylation is 1. The van der Waals surface area contributed by atoms with E-state index in [0.29, 0.717) is 22.5 Å². The molecule has 0 radical (unpaired) electrons. The molecule has 5 rings (SSSR count). The van der Waals surface area contributed by atoms with Crippen molar-refractivity contribution in [3.05, 3.63) is 100 Å². The minimum atomic E-state index is -1.38. The van der Waals surface area contributed by atoms with Gasteiger partial charge in [0.1, 0.15) is 12.2 Å². The molecule has 3 aromatic heterocycles. The lowest BCUT2D eigenvalue weighted by Gasteiger charge is -2.26. The van der Waals surface area contributed by atoms with Gasteiger partial charge in [-0.05, 0) is 29.7 Å². The van der Waals surface area contributed by atoms with Gasteiger partial charge in [-0.3, -0.25) is 14.0 Å². The molecule has 208 valence electrons. The maximum absolute atomic E-state index is 14.8. The number of pyridine rings is 2. The number of aromatic nitrogens is 4. The molecular weight excluding hydrogens is 518 g/mol. The molecule has 0 unspecified atom stereocenters. The molecule has 1 aromatic carbocycles. The number of alkyl halides is 1. The molecule has 2 amide bonds. The Morgan fingerprint density at radius 1 is 1.07 bits per heavy atom. The standard InChI is InChI=1S/C29H30F2N6O3/c1-18(2)21-11-12-22(32-27(21)31)26(19-8-4-3-5-9-19)33-28(39)23-16-20(30)17-36(23)25(38)13-15-37-29(40)35-14-7-6-10-24(35)34-37/h3-12,14,18,20,23,26H,13,15-17H2,1-2H3,(H,33,39)/t20-,23+,26+/m1/s1. The summed E-state index contributed by atoms with van der Waals surface area (Å²) in [6.07, 6.45) is -0.0980. The summed E-state index contributed by atoms with van der Waals surface area (Å²) in [5, 5.41) is 7.09. The highest BCUT2D eigenvalue weighted by atomic mass is 19.1. The lowest BCUT2D eigenvalue weighted by atomic mass is 9.99. The number of carbonyl (C=O) groups is 2. The van der Waals surface area contributed by atoms with Crippen LogP contribution in [0.1, 0.15) is 55.5 Å². The zero-order valence-corrected chi connectivity index (χ0v) is 22.2. The second-order valence-electron chi connectivity index (χ2n) is 10.2. The average Bonchev–Trinajstić information content (AvgIpc) is 3.50. The zero-order chi connectivity index (χ0) is 28.4. The predicted octanol–water partition coefficient (Wildman–Crippen LogP) is 3.39. The number of carbonyl (C=O) groups excluding carboxylic acids is 2. The number of hydrogen-bond donors (Lipinski definition) is 1. The number of amides is 2. The van der Waals surface area contributed by atoms with E-state index in [1.54, 1.807) is 60.8 Å². The van der Waals surface area contributed by atoms with Crippen molar-refractivity contribution in [3.8, 4) is 0 Å². The molecule has 0 spiro atoms. The van der Waals surface area contributed by atoms with Crippen molar-refractivity contribution in [1.29, 1.82) is 0 Å². The number of nitrogens with one attached hydrogen (secondary N) is 1. The summed E-state index contributed by atoms with van der Waals surface area (Å²) < 4.78 is 31.9. The van der Waals surface area contributed by atoms with E-state index in [4.69, 9.17) is 0 Å². The molecule has 11 heteroatoms. The Kier molecular flexibility index (Phi) is 7.72. The van der Waals surface area contributed by atoms with Crippen molar-refractivity contribution in [2.75, 3.05) is 6.54 Å². The third-order valence-corrected chi connectivity index (χ3v) is 7.14. The monoisotopic (exact) mass is 548 g/mol. The number of hydrogen-bond acceptors (Lipinski definition) is 5. The second-order valence-corrected chi connectivity index (χ2v) is 10.2. The van der Waals surface area contributed by atoms with Crippen LogP contribution in [0.15, 0.2) is 71.7 Å². The minimum absolute atomic E-state index is 0.0147. The molecule has 4 heterocycles. The Balaban J connectivity index is 1.34. The van der Waals surface area contributed by atoms with Crippen molar-refractivity contribution in [1.82, 2.24) is 29.4 Å². The van der Waals surface area contributed by atoms with E-state index in [9.17, 15) is 23.2 Å². The highest BCUT2D eigenvalue weighted by molar-refractivity contribution is 5.88. The summed E-state index contributed by atoms with van der Waals surface area (Å²) in [5.41, 5.74) is 1.47. The Morgan fingerprint density at radius 3 is 2.52 bits per heavy atom. The summed E-state index contributed by atoms with van der Waals surface area (Å²) in [6, 6.07) is 15.5. The van der Waals surface area contributed by atoms with Gasteiger partial charge < -0.3 is 10.2 Å². The molecular formula is C29H30F2N6O3. The minimum Gasteiger partial charge on any atom is -0.342 e. The van der Waals surface area contributed by atoms with Crippen LogP contribution >= 0.6 is 0 Å². The number of likely N-dealkylation sites (tertiary alicyclic amines) is 1. The summed E-state index contributed by atoms with van der Waals surface area (Å²) in [6.45, 7) is 3.48. The predicted molar refractivity (Wildman–Crippen MR) is 144 cm³/mol. The van der Waals surface area contributed by atoms with Crippen LogP contribution in [0, 0.1) is 5.95 Å². The van der Waals surface area contributed by atoms with E-state index in [-0.39, 0.29) is 31.8 Å². The first-order valence-electron chi connectivity index (χ1n) is 13.2. The molecule has 1 aliphatic rings. The first-order chi connectivity index (χ1) is 19.2. The van der Waals surface area contributed by atoms with Crippen LogP contribution in [0.4, 0.5) is 8.78 Å². The van der Waals surface area contributed by atoms with Gasteiger partial charge in [-0.1, -0.05) is 56.3 Å². The Labute approximate surface area is 229 Å². The highest BCUT2D eigenvalue weighted by Crippen LogP contribution is 2.27. The molecule has 1 N–H and O–H groups in total. The van der Waals surface area contributed by atoms with E-state index in [1.807, 2.05) is 19.9 Å². The van der Waals surface area contributed by atoms with Crippen LogP contribution in [0.3, 0.4) is 0 Å². The summed E-state index contributed by atoms with van der Waals surface area (Å²) in [5.74, 6) is -1.72. The van der Waals surface area contributed by atoms with Gasteiger partial charge in [0.2, 0.25) is 17.8 Å². The van der Waals surface area contributed by atoms with Crippen molar-refractivity contribution >= 4 is 17.5 Å². The largest absolute Gasteiger partial charge is 0.350 e. The zero-order valence-electron chi connectivity index (χ0n) is 22.2. The number of rotatable bonds is 8. The lowest BCUT2D eigenvalue weighted by molar-refractivity contribution is -0.138. The van der Waals surface area contributed by atoms with Crippen LogP contribution < -0.4 is 11.0 Å². The molecule has 0 bridgehead atoms. The SMILES string of the molecule is CC(C)c1ccc([C@@H](NC(=O)[C@@H]2C[C@@H](F)CN2C(=O)CCn2nc3ccccn3c2=O)c2ccccc2)nc1F. The van der Waals surface area contributed by atoms with Crippen molar-refractivity contribution in [3.63, 3.8) is 0 Å². The molecule has 0 saturated carbocycles. The molecule has 0 aliphatic carbocycles. The van der Waals surface area contributed by atoms with Gasteiger partial charge in [0.25, 0.3) is 0 Å². The van der Waals surface area contributed by atoms with Gasteiger partial charge in [-0.25, -0.2) is 18.9 Å². The Bertz CT molecular complexity index is 1590. The molecule has 1 aliphatic heterocycles. The highest BCUT2D eigenvalue weighted by Gasteiger charge is 2.40. The number of fused-ring (bicyclic) bond motifs is 1. The number of nitrogens with zero attached hydrogens (tertiary/aromatic N) is 5. The van der Waals surface area contributed by atoms with E-state index in [0.717, 1.165) is 0 Å². The van der Waals surface area contributed by atoms with Crippen molar-refractivity contribution < 1.29 is 18.4 Å². The number of halogens is 2. The van der Waals surface area contributed by atoms with E-state index < -0.39 is 41.7 Å². The van der Waals surface area contributed by atoms with Gasteiger partial charge in [0.05, 0.1) is 24.8 Å². The molecule has 9 nitrogen and oxygen atoms in total. The molecule has 4 aromatic rings. The van der Waals surface area contributed by atoms with Gasteiger partial charge in [0.15, 0.2) is 5.65 Å². The Hall–Kier alpha value is -4.41. The summed E-state index contributed by atoms with van der Waals surface area (Å²) >= 11 is 0. The van der Waals surface area contributed by atoms with Crippen LogP contribution in [0.25, 0.3) is 5.65 Å². The fraction of sp³-hybridized carbons (Fsp3) is 0.345. The maximum atomic E-state index is 14.8. The molecule has 40 heavy (non-hydrogen) atoms. The maximum Gasteiger partial charge on any atom is 0.350 e. The van der Waals surface area contributed by atoms with E-state index >= 15 is 0 Å². The van der Waals surface area contributed by atoms with Gasteiger partial charge in [0, 0.05) is 24.6 Å². The van der Waals surface area contributed by atoms with E-state index in [1.165, 1.54) is 14.0 Å². The third kappa shape index (κ3) is 5.49. The normalized spacial score (nSPS) is 17.9.